The summed E-state index contributed by atoms with van der Waals surface area (Å²) in [6.07, 6.45) is 9.52. The molecule has 0 radical (unpaired) electrons. The Kier molecular flexibility index (Phi) is 4.87. The second kappa shape index (κ2) is 6.19. The summed E-state index contributed by atoms with van der Waals surface area (Å²) in [5.74, 6) is 1.68. The lowest BCUT2D eigenvalue weighted by Gasteiger charge is -2.39. The van der Waals surface area contributed by atoms with Gasteiger partial charge in [-0.1, -0.05) is 26.2 Å². The zero-order chi connectivity index (χ0) is 12.3. The fraction of sp³-hybridized carbons (Fsp3) is 1.00. The van der Waals surface area contributed by atoms with E-state index in [1.807, 2.05) is 0 Å². The van der Waals surface area contributed by atoms with Crippen molar-refractivity contribution in [3.05, 3.63) is 0 Å². The molecule has 0 spiro atoms. The Morgan fingerprint density at radius 1 is 1.06 bits per heavy atom. The highest BCUT2D eigenvalue weighted by Crippen LogP contribution is 2.27. The molecule has 0 aromatic heterocycles. The molecule has 4 unspecified atom stereocenters. The highest BCUT2D eigenvalue weighted by molar-refractivity contribution is 4.83. The van der Waals surface area contributed by atoms with Gasteiger partial charge in [0.05, 0.1) is 0 Å². The lowest BCUT2D eigenvalue weighted by atomic mass is 9.89. The van der Waals surface area contributed by atoms with Crippen molar-refractivity contribution < 1.29 is 0 Å². The predicted molar refractivity (Wildman–Crippen MR) is 74.0 cm³/mol. The molecule has 2 N–H and O–H groups in total. The van der Waals surface area contributed by atoms with Gasteiger partial charge in [0.15, 0.2) is 0 Å². The van der Waals surface area contributed by atoms with Crippen molar-refractivity contribution in [3.8, 4) is 0 Å². The van der Waals surface area contributed by atoms with Crippen molar-refractivity contribution in [3.63, 3.8) is 0 Å². The van der Waals surface area contributed by atoms with Gasteiger partial charge in [-0.2, -0.15) is 0 Å². The second-order valence-corrected chi connectivity index (χ2v) is 6.54. The van der Waals surface area contributed by atoms with Crippen LogP contribution in [0.5, 0.6) is 0 Å². The van der Waals surface area contributed by atoms with Crippen LogP contribution in [0.1, 0.15) is 58.8 Å². The van der Waals surface area contributed by atoms with Gasteiger partial charge >= 0.3 is 0 Å². The highest BCUT2D eigenvalue weighted by Gasteiger charge is 2.28. The average molecular weight is 238 g/mol. The fourth-order valence-electron chi connectivity index (χ4n) is 3.67. The van der Waals surface area contributed by atoms with Crippen LogP contribution in [0.3, 0.4) is 0 Å². The lowest BCUT2D eigenvalue weighted by molar-refractivity contribution is 0.101. The molecule has 1 aliphatic heterocycles. The van der Waals surface area contributed by atoms with E-state index in [4.69, 9.17) is 5.73 Å². The van der Waals surface area contributed by atoms with E-state index in [2.05, 4.69) is 18.7 Å². The molecule has 0 aromatic rings. The van der Waals surface area contributed by atoms with Crippen molar-refractivity contribution in [2.45, 2.75) is 70.9 Å². The second-order valence-electron chi connectivity index (χ2n) is 6.54. The van der Waals surface area contributed by atoms with Crippen LogP contribution in [0, 0.1) is 11.8 Å². The van der Waals surface area contributed by atoms with Crippen molar-refractivity contribution in [2.75, 3.05) is 13.1 Å². The maximum atomic E-state index is 6.34. The maximum Gasteiger partial charge on any atom is 0.00793 e. The van der Waals surface area contributed by atoms with Gasteiger partial charge in [-0.25, -0.2) is 0 Å². The summed E-state index contributed by atoms with van der Waals surface area (Å²) >= 11 is 0. The van der Waals surface area contributed by atoms with E-state index in [1.165, 1.54) is 58.0 Å². The Labute approximate surface area is 107 Å². The normalized spacial score (nSPS) is 41.1. The van der Waals surface area contributed by atoms with Crippen LogP contribution < -0.4 is 5.73 Å². The first kappa shape index (κ1) is 13.4. The summed E-state index contributed by atoms with van der Waals surface area (Å²) in [6.45, 7) is 7.35. The van der Waals surface area contributed by atoms with Crippen molar-refractivity contribution in [1.29, 1.82) is 0 Å². The van der Waals surface area contributed by atoms with Gasteiger partial charge in [-0.3, -0.25) is 0 Å². The molecule has 0 amide bonds. The van der Waals surface area contributed by atoms with Crippen LogP contribution in [0.2, 0.25) is 0 Å². The monoisotopic (exact) mass is 238 g/mol. The van der Waals surface area contributed by atoms with Gasteiger partial charge < -0.3 is 10.6 Å². The number of hydrogen-bond donors (Lipinski definition) is 1. The van der Waals surface area contributed by atoms with Crippen LogP contribution in [0.15, 0.2) is 0 Å². The van der Waals surface area contributed by atoms with Crippen LogP contribution in [0.25, 0.3) is 0 Å². The van der Waals surface area contributed by atoms with Crippen LogP contribution >= 0.6 is 0 Å². The zero-order valence-corrected chi connectivity index (χ0v) is 11.7. The van der Waals surface area contributed by atoms with Crippen LogP contribution in [0.4, 0.5) is 0 Å². The molecule has 0 aromatic carbocycles. The largest absolute Gasteiger partial charge is 0.327 e. The number of likely N-dealkylation sites (tertiary alicyclic amines) is 1. The van der Waals surface area contributed by atoms with E-state index in [1.54, 1.807) is 0 Å². The highest BCUT2D eigenvalue weighted by atomic mass is 15.2. The molecule has 0 bridgehead atoms. The third-order valence-corrected chi connectivity index (χ3v) is 4.96. The number of nitrogens with two attached hydrogens (primary N) is 1. The molecular formula is C15H30N2. The van der Waals surface area contributed by atoms with E-state index in [0.717, 1.165) is 17.9 Å². The molecule has 4 atom stereocenters. The first-order chi connectivity index (χ1) is 8.16. The van der Waals surface area contributed by atoms with Gasteiger partial charge in [0.1, 0.15) is 0 Å². The molecule has 2 heteroatoms. The Morgan fingerprint density at radius 2 is 1.82 bits per heavy atom. The minimum absolute atomic E-state index is 0.462. The molecule has 2 rings (SSSR count). The van der Waals surface area contributed by atoms with Gasteiger partial charge in [0.25, 0.3) is 0 Å². The van der Waals surface area contributed by atoms with Crippen molar-refractivity contribution in [1.82, 2.24) is 4.90 Å². The van der Waals surface area contributed by atoms with Crippen LogP contribution in [-0.4, -0.2) is 30.1 Å². The molecule has 1 saturated carbocycles. The SMILES string of the molecule is CC1CCN(CC2CCCCCC2N)C(C)C1. The molecule has 2 fully saturated rings. The number of piperidine rings is 1. The summed E-state index contributed by atoms with van der Waals surface area (Å²) in [5, 5.41) is 0. The molecule has 2 aliphatic rings. The molecule has 1 heterocycles. The first-order valence-electron chi connectivity index (χ1n) is 7.66. The number of hydrogen-bond acceptors (Lipinski definition) is 2. The summed E-state index contributed by atoms with van der Waals surface area (Å²) in [6, 6.07) is 1.23. The number of rotatable bonds is 2. The lowest BCUT2D eigenvalue weighted by Crippen LogP contribution is -2.46. The van der Waals surface area contributed by atoms with E-state index in [-0.39, 0.29) is 0 Å². The fourth-order valence-corrected chi connectivity index (χ4v) is 3.67. The Hall–Kier alpha value is -0.0800. The Bertz CT molecular complexity index is 229. The van der Waals surface area contributed by atoms with E-state index < -0.39 is 0 Å². The minimum Gasteiger partial charge on any atom is -0.327 e. The van der Waals surface area contributed by atoms with E-state index in [0.29, 0.717) is 6.04 Å². The molecular weight excluding hydrogens is 208 g/mol. The van der Waals surface area contributed by atoms with Crippen molar-refractivity contribution in [2.24, 2.45) is 17.6 Å². The Balaban J connectivity index is 1.86. The smallest absolute Gasteiger partial charge is 0.00793 e. The number of nitrogens with zero attached hydrogens (tertiary/aromatic N) is 1. The van der Waals surface area contributed by atoms with Gasteiger partial charge in [-0.05, 0) is 51.0 Å². The van der Waals surface area contributed by atoms with Gasteiger partial charge in [0.2, 0.25) is 0 Å². The Morgan fingerprint density at radius 3 is 2.59 bits per heavy atom. The molecule has 1 saturated heterocycles. The third-order valence-electron chi connectivity index (χ3n) is 4.96. The van der Waals surface area contributed by atoms with Crippen LogP contribution in [-0.2, 0) is 0 Å². The van der Waals surface area contributed by atoms with Gasteiger partial charge in [0, 0.05) is 18.6 Å². The maximum absolute atomic E-state index is 6.34. The minimum atomic E-state index is 0.462. The molecule has 2 nitrogen and oxygen atoms in total. The standard InChI is InChI=1S/C15H30N2/c1-12-8-9-17(13(2)10-12)11-14-6-4-3-5-7-15(14)16/h12-15H,3-11,16H2,1-2H3. The average Bonchev–Trinajstić information content (AvgIpc) is 2.48. The summed E-state index contributed by atoms with van der Waals surface area (Å²) in [4.78, 5) is 2.70. The summed E-state index contributed by atoms with van der Waals surface area (Å²) in [7, 11) is 0. The van der Waals surface area contributed by atoms with Gasteiger partial charge in [-0.15, -0.1) is 0 Å². The topological polar surface area (TPSA) is 29.3 Å². The van der Waals surface area contributed by atoms with Crippen molar-refractivity contribution >= 4 is 0 Å². The molecule has 1 aliphatic carbocycles. The zero-order valence-electron chi connectivity index (χ0n) is 11.7. The summed E-state index contributed by atoms with van der Waals surface area (Å²) < 4.78 is 0. The third kappa shape index (κ3) is 3.69. The quantitative estimate of drug-likeness (QED) is 0.749. The first-order valence-corrected chi connectivity index (χ1v) is 7.66. The summed E-state index contributed by atoms with van der Waals surface area (Å²) in [5.41, 5.74) is 6.34. The van der Waals surface area contributed by atoms with E-state index >= 15 is 0 Å². The molecule has 17 heavy (non-hydrogen) atoms. The van der Waals surface area contributed by atoms with E-state index in [9.17, 15) is 0 Å². The predicted octanol–water partition coefficient (Wildman–Crippen LogP) is 3.01. The molecule has 100 valence electrons.